The number of hydrogen-bond donors (Lipinski definition) is 1. The van der Waals surface area contributed by atoms with Gasteiger partial charge < -0.3 is 19.5 Å². The lowest BCUT2D eigenvalue weighted by Gasteiger charge is -2.36. The lowest BCUT2D eigenvalue weighted by molar-refractivity contribution is 0.0695. The number of piperazine rings is 1. The number of pyridine rings is 1. The number of hydrogen-bond acceptors (Lipinski definition) is 8. The molecule has 1 saturated carbocycles. The van der Waals surface area contributed by atoms with Crippen molar-refractivity contribution in [3.05, 3.63) is 75.8 Å². The fourth-order valence-electron chi connectivity index (χ4n) is 4.65. The van der Waals surface area contributed by atoms with Gasteiger partial charge >= 0.3 is 5.97 Å². The zero-order valence-corrected chi connectivity index (χ0v) is 21.5. The Labute approximate surface area is 220 Å². The molecule has 37 heavy (non-hydrogen) atoms. The molecule has 1 N–H and O–H groups in total. The first-order valence-electron chi connectivity index (χ1n) is 12.1. The Bertz CT molecular complexity index is 1530. The zero-order chi connectivity index (χ0) is 25.5. The smallest absolute Gasteiger partial charge is 0.341 e. The van der Waals surface area contributed by atoms with Crippen LogP contribution < -0.4 is 15.2 Å². The highest BCUT2D eigenvalue weighted by molar-refractivity contribution is 8.00. The number of halogens is 1. The Morgan fingerprint density at radius 2 is 1.81 bits per heavy atom. The third-order valence-electron chi connectivity index (χ3n) is 6.76. The molecule has 6 rings (SSSR count). The van der Waals surface area contributed by atoms with Crippen LogP contribution in [0.1, 0.15) is 34.8 Å². The summed E-state index contributed by atoms with van der Waals surface area (Å²) in [4.78, 5) is 28.5. The second-order valence-corrected chi connectivity index (χ2v) is 11.4. The minimum absolute atomic E-state index is 0.112. The maximum absolute atomic E-state index is 15.2. The topological polar surface area (TPSA) is 91.6 Å². The Morgan fingerprint density at radius 1 is 1.08 bits per heavy atom. The molecule has 8 nitrogen and oxygen atoms in total. The first-order valence-corrected chi connectivity index (χ1v) is 13.9. The molecule has 1 aliphatic heterocycles. The van der Waals surface area contributed by atoms with Crippen molar-refractivity contribution in [2.24, 2.45) is 0 Å². The van der Waals surface area contributed by atoms with Crippen LogP contribution in [0.15, 0.2) is 57.8 Å². The lowest BCUT2D eigenvalue weighted by Crippen LogP contribution is -2.46. The fourth-order valence-corrected chi connectivity index (χ4v) is 6.50. The number of carboxylic acid groups (broad SMARTS) is 1. The number of thioether (sulfide) groups is 1. The summed E-state index contributed by atoms with van der Waals surface area (Å²) in [5.41, 5.74) is 1.29. The summed E-state index contributed by atoms with van der Waals surface area (Å²) in [6, 6.07) is 13.3. The van der Waals surface area contributed by atoms with Crippen molar-refractivity contribution in [3.63, 3.8) is 0 Å². The van der Waals surface area contributed by atoms with Crippen LogP contribution in [-0.2, 0) is 5.75 Å². The summed E-state index contributed by atoms with van der Waals surface area (Å²) < 4.78 is 18.0. The first-order chi connectivity index (χ1) is 18.0. The quantitative estimate of drug-likeness (QED) is 0.341. The van der Waals surface area contributed by atoms with Gasteiger partial charge in [0.05, 0.1) is 11.2 Å². The van der Waals surface area contributed by atoms with Gasteiger partial charge in [-0.15, -0.1) is 10.2 Å². The van der Waals surface area contributed by atoms with E-state index in [1.165, 1.54) is 17.8 Å². The molecule has 3 heterocycles. The number of benzene rings is 2. The Balaban J connectivity index is 1.18. The molecule has 1 saturated heterocycles. The van der Waals surface area contributed by atoms with Crippen molar-refractivity contribution in [2.75, 3.05) is 36.0 Å². The largest absolute Gasteiger partial charge is 0.477 e. The third-order valence-corrected chi connectivity index (χ3v) is 8.95. The number of carboxylic acids is 1. The van der Waals surface area contributed by atoms with Crippen molar-refractivity contribution in [2.45, 2.75) is 29.0 Å². The molecule has 2 aromatic heterocycles. The molecule has 0 atom stereocenters. The average molecular weight is 538 g/mol. The van der Waals surface area contributed by atoms with E-state index in [1.54, 1.807) is 29.2 Å². The number of aromatic nitrogens is 3. The lowest BCUT2D eigenvalue weighted by atomic mass is 10.1. The maximum atomic E-state index is 15.2. The first kappa shape index (κ1) is 23.9. The van der Waals surface area contributed by atoms with Crippen molar-refractivity contribution < 1.29 is 14.3 Å². The molecular weight excluding hydrogens is 513 g/mol. The number of aromatic carboxylic acids is 1. The standard InChI is InChI=1S/C26H24FN5O3S2/c27-20-12-18-21(32(17-6-7-17)14-19(23(18)33)24(34)35)13-22(20)30-8-10-31(11-9-30)25-28-29-26(37-25)36-15-16-4-2-1-3-5-16/h1-5,12-14,17H,6-11,15H2,(H,34,35). The normalized spacial score (nSPS) is 15.9. The SMILES string of the molecule is O=C(O)c1cn(C2CC2)c2cc(N3CCN(c4nnc(SCc5ccccc5)s4)CC3)c(F)cc2c1=O. The fraction of sp³-hybridized carbons (Fsp3) is 0.308. The van der Waals surface area contributed by atoms with E-state index in [2.05, 4.69) is 27.2 Å². The second-order valence-electron chi connectivity index (χ2n) is 9.24. The van der Waals surface area contributed by atoms with Gasteiger partial charge in [-0.25, -0.2) is 9.18 Å². The van der Waals surface area contributed by atoms with Crippen molar-refractivity contribution in [3.8, 4) is 0 Å². The molecule has 1 aliphatic carbocycles. The van der Waals surface area contributed by atoms with Crippen LogP contribution in [0.3, 0.4) is 0 Å². The highest BCUT2D eigenvalue weighted by Gasteiger charge is 2.29. The second kappa shape index (κ2) is 9.79. The predicted molar refractivity (Wildman–Crippen MR) is 144 cm³/mol. The molecule has 11 heteroatoms. The molecule has 2 fully saturated rings. The summed E-state index contributed by atoms with van der Waals surface area (Å²) in [5.74, 6) is -0.969. The molecule has 0 unspecified atom stereocenters. The number of rotatable bonds is 7. The number of fused-ring (bicyclic) bond motifs is 1. The van der Waals surface area contributed by atoms with E-state index in [0.29, 0.717) is 37.4 Å². The van der Waals surface area contributed by atoms with Crippen molar-refractivity contribution >= 4 is 50.8 Å². The third kappa shape index (κ3) is 4.80. The van der Waals surface area contributed by atoms with E-state index >= 15 is 4.39 Å². The molecule has 0 spiro atoms. The van der Waals surface area contributed by atoms with Crippen LogP contribution >= 0.6 is 23.1 Å². The van der Waals surface area contributed by atoms with E-state index in [9.17, 15) is 14.7 Å². The van der Waals surface area contributed by atoms with E-state index in [4.69, 9.17) is 0 Å². The maximum Gasteiger partial charge on any atom is 0.341 e. The van der Waals surface area contributed by atoms with Crippen molar-refractivity contribution in [1.82, 2.24) is 14.8 Å². The highest BCUT2D eigenvalue weighted by Crippen LogP contribution is 2.38. The monoisotopic (exact) mass is 537 g/mol. The predicted octanol–water partition coefficient (Wildman–Crippen LogP) is 4.64. The van der Waals surface area contributed by atoms with Gasteiger partial charge in [-0.05, 0) is 30.5 Å². The molecule has 2 aromatic carbocycles. The molecule has 2 aliphatic rings. The molecule has 190 valence electrons. The zero-order valence-electron chi connectivity index (χ0n) is 19.8. The van der Waals surface area contributed by atoms with Gasteiger partial charge in [-0.2, -0.15) is 0 Å². The molecular formula is C26H24FN5O3S2. The van der Waals surface area contributed by atoms with Gasteiger partial charge in [0, 0.05) is 49.6 Å². The summed E-state index contributed by atoms with van der Waals surface area (Å²) >= 11 is 3.23. The Kier molecular flexibility index (Phi) is 6.33. The van der Waals surface area contributed by atoms with Crippen LogP contribution in [0, 0.1) is 5.82 Å². The average Bonchev–Trinajstić information content (AvgIpc) is 3.65. The van der Waals surface area contributed by atoms with Gasteiger partial charge in [-0.3, -0.25) is 4.79 Å². The number of nitrogens with zero attached hydrogens (tertiary/aromatic N) is 5. The van der Waals surface area contributed by atoms with Gasteiger partial charge in [0.2, 0.25) is 10.6 Å². The summed E-state index contributed by atoms with van der Waals surface area (Å²) in [5, 5.41) is 19.1. The summed E-state index contributed by atoms with van der Waals surface area (Å²) in [6.07, 6.45) is 3.24. The van der Waals surface area contributed by atoms with Gasteiger partial charge in [0.15, 0.2) is 4.34 Å². The van der Waals surface area contributed by atoms with Crippen LogP contribution in [0.25, 0.3) is 10.9 Å². The summed E-state index contributed by atoms with van der Waals surface area (Å²) in [6.45, 7) is 2.52. The minimum Gasteiger partial charge on any atom is -0.477 e. The Morgan fingerprint density at radius 3 is 2.51 bits per heavy atom. The van der Waals surface area contributed by atoms with E-state index in [-0.39, 0.29) is 17.0 Å². The molecule has 0 bridgehead atoms. The van der Waals surface area contributed by atoms with Crippen LogP contribution in [0.4, 0.5) is 15.2 Å². The molecule has 0 radical (unpaired) electrons. The van der Waals surface area contributed by atoms with Gasteiger partial charge in [0.1, 0.15) is 11.4 Å². The van der Waals surface area contributed by atoms with E-state index < -0.39 is 17.2 Å². The van der Waals surface area contributed by atoms with E-state index in [0.717, 1.165) is 28.1 Å². The van der Waals surface area contributed by atoms with Crippen LogP contribution in [-0.4, -0.2) is 52.0 Å². The molecule has 0 amide bonds. The minimum atomic E-state index is -1.29. The van der Waals surface area contributed by atoms with E-state index in [1.807, 2.05) is 27.7 Å². The van der Waals surface area contributed by atoms with Gasteiger partial charge in [-0.1, -0.05) is 53.4 Å². The number of anilines is 2. The highest BCUT2D eigenvalue weighted by atomic mass is 32.2. The molecule has 4 aromatic rings. The van der Waals surface area contributed by atoms with Crippen molar-refractivity contribution in [1.29, 1.82) is 0 Å². The summed E-state index contributed by atoms with van der Waals surface area (Å²) in [7, 11) is 0. The van der Waals surface area contributed by atoms with Crippen LogP contribution in [0.2, 0.25) is 0 Å². The van der Waals surface area contributed by atoms with Gasteiger partial charge in [0.25, 0.3) is 0 Å². The Hall–Kier alpha value is -3.44. The van der Waals surface area contributed by atoms with Crippen LogP contribution in [0.5, 0.6) is 0 Å². The number of carbonyl (C=O) groups is 1.